The van der Waals surface area contributed by atoms with E-state index in [2.05, 4.69) is 6.07 Å². The average molecular weight is 349 g/mol. The Balaban J connectivity index is 1.73. The van der Waals surface area contributed by atoms with E-state index in [1.807, 2.05) is 6.07 Å². The number of hydrogen-bond acceptors (Lipinski definition) is 1. The van der Waals surface area contributed by atoms with Gasteiger partial charge in [-0.2, -0.15) is 13.2 Å². The lowest BCUT2D eigenvalue weighted by Crippen LogP contribution is -2.32. The van der Waals surface area contributed by atoms with Crippen molar-refractivity contribution in [2.75, 3.05) is 6.54 Å². The van der Waals surface area contributed by atoms with Gasteiger partial charge < -0.3 is 4.90 Å². The predicted octanol–water partition coefficient (Wildman–Crippen LogP) is 4.35. The van der Waals surface area contributed by atoms with Gasteiger partial charge in [0, 0.05) is 17.7 Å². The molecule has 1 amide bonds. The third-order valence-electron chi connectivity index (χ3n) is 4.29. The fourth-order valence-corrected chi connectivity index (χ4v) is 3.08. The van der Waals surface area contributed by atoms with Crippen molar-refractivity contribution in [1.29, 1.82) is 0 Å². The molecule has 25 heavy (non-hydrogen) atoms. The molecular weight excluding hydrogens is 334 g/mol. The molecule has 1 unspecified atom stereocenters. The number of likely N-dealkylation sites (tertiary alicyclic amines) is 1. The van der Waals surface area contributed by atoms with E-state index in [1.54, 1.807) is 23.1 Å². The largest absolute Gasteiger partial charge is 0.424 e. The normalized spacial score (nSPS) is 17.4. The number of rotatable bonds is 3. The molecule has 1 fully saturated rings. The van der Waals surface area contributed by atoms with Gasteiger partial charge in [0.2, 0.25) is 5.91 Å². The zero-order valence-electron chi connectivity index (χ0n) is 13.2. The molecule has 2 aromatic rings. The second-order valence-electron chi connectivity index (χ2n) is 5.96. The smallest absolute Gasteiger partial charge is 0.335 e. The van der Waals surface area contributed by atoms with Crippen molar-refractivity contribution >= 4 is 5.91 Å². The molecule has 1 saturated heterocycles. The maximum Gasteiger partial charge on any atom is 0.424 e. The molecule has 0 spiro atoms. The molecule has 3 rings (SSSR count). The molecule has 6 heteroatoms. The highest BCUT2D eigenvalue weighted by molar-refractivity contribution is 5.79. The van der Waals surface area contributed by atoms with E-state index >= 15 is 0 Å². The molecular formula is C19H15F4NO. The van der Waals surface area contributed by atoms with Crippen LogP contribution in [0.4, 0.5) is 17.6 Å². The van der Waals surface area contributed by atoms with Crippen LogP contribution in [0.1, 0.15) is 35.6 Å². The van der Waals surface area contributed by atoms with Crippen LogP contribution in [0.15, 0.2) is 36.4 Å². The first-order valence-electron chi connectivity index (χ1n) is 7.90. The van der Waals surface area contributed by atoms with Crippen LogP contribution in [0, 0.1) is 17.9 Å². The maximum absolute atomic E-state index is 14.0. The first-order chi connectivity index (χ1) is 11.9. The monoisotopic (exact) mass is 349 g/mol. The molecule has 0 radical (unpaired) electrons. The van der Waals surface area contributed by atoms with Crippen LogP contribution in [0.2, 0.25) is 0 Å². The fraction of sp³-hybridized carbons (Fsp3) is 0.316. The molecule has 0 bridgehead atoms. The number of benzene rings is 1. The van der Waals surface area contributed by atoms with E-state index in [9.17, 15) is 22.4 Å². The molecule has 130 valence electrons. The van der Waals surface area contributed by atoms with Gasteiger partial charge in [-0.3, -0.25) is 4.79 Å². The zero-order chi connectivity index (χ0) is 18.0. The van der Waals surface area contributed by atoms with Crippen LogP contribution in [-0.4, -0.2) is 17.4 Å². The van der Waals surface area contributed by atoms with E-state index < -0.39 is 11.7 Å². The third-order valence-corrected chi connectivity index (χ3v) is 4.29. The van der Waals surface area contributed by atoms with Crippen molar-refractivity contribution in [2.45, 2.75) is 31.5 Å². The van der Waals surface area contributed by atoms with E-state index in [0.717, 1.165) is 12.5 Å². The Labute approximate surface area is 143 Å². The van der Waals surface area contributed by atoms with Crippen molar-refractivity contribution in [1.82, 2.24) is 4.90 Å². The molecule has 1 aliphatic heterocycles. The highest BCUT2D eigenvalue weighted by Gasteiger charge is 2.32. The molecule has 1 heterocycles. The van der Waals surface area contributed by atoms with Crippen molar-refractivity contribution in [3.63, 3.8) is 0 Å². The van der Waals surface area contributed by atoms with Crippen molar-refractivity contribution in [3.8, 4) is 0 Å². The summed E-state index contributed by atoms with van der Waals surface area (Å²) in [5, 5.41) is 0. The van der Waals surface area contributed by atoms with Gasteiger partial charge in [0.15, 0.2) is 0 Å². The van der Waals surface area contributed by atoms with Gasteiger partial charge in [-0.1, -0.05) is 30.3 Å². The molecule has 0 N–H and O–H groups in total. The van der Waals surface area contributed by atoms with Crippen molar-refractivity contribution < 1.29 is 22.4 Å². The SMILES string of the molecule is O=C(Cc1c#cc(C(F)(F)F)cc1)N1CCCC1c1ccccc1F. The predicted molar refractivity (Wildman–Crippen MR) is 82.9 cm³/mol. The third kappa shape index (κ3) is 3.76. The topological polar surface area (TPSA) is 20.3 Å². The number of carbonyl (C=O) groups excluding carboxylic acids is 1. The van der Waals surface area contributed by atoms with E-state index in [1.165, 1.54) is 12.1 Å². The Morgan fingerprint density at radius 1 is 1.16 bits per heavy atom. The van der Waals surface area contributed by atoms with Gasteiger partial charge in [-0.05, 0) is 31.0 Å². The Kier molecular flexibility index (Phi) is 4.67. The number of alkyl halides is 3. The highest BCUT2D eigenvalue weighted by atomic mass is 19.4. The van der Waals surface area contributed by atoms with Gasteiger partial charge in [0.05, 0.1) is 12.5 Å². The van der Waals surface area contributed by atoms with Gasteiger partial charge in [-0.15, -0.1) is 0 Å². The molecule has 0 saturated carbocycles. The average Bonchev–Trinajstić information content (AvgIpc) is 3.04. The summed E-state index contributed by atoms with van der Waals surface area (Å²) in [4.78, 5) is 14.1. The minimum atomic E-state index is -4.48. The maximum atomic E-state index is 14.0. The molecule has 1 aliphatic rings. The van der Waals surface area contributed by atoms with Crippen LogP contribution in [0.25, 0.3) is 0 Å². The summed E-state index contributed by atoms with van der Waals surface area (Å²) in [5.74, 6) is -0.614. The number of amides is 1. The molecule has 0 aromatic heterocycles. The Morgan fingerprint density at radius 2 is 1.92 bits per heavy atom. The summed E-state index contributed by atoms with van der Waals surface area (Å²) in [5.41, 5.74) is -0.123. The summed E-state index contributed by atoms with van der Waals surface area (Å²) in [6.07, 6.45) is -3.15. The summed E-state index contributed by atoms with van der Waals surface area (Å²) >= 11 is 0. The van der Waals surface area contributed by atoms with E-state index in [-0.39, 0.29) is 24.2 Å². The Morgan fingerprint density at radius 3 is 2.56 bits per heavy atom. The van der Waals surface area contributed by atoms with E-state index in [0.29, 0.717) is 24.1 Å². The summed E-state index contributed by atoms with van der Waals surface area (Å²) < 4.78 is 51.6. The van der Waals surface area contributed by atoms with Gasteiger partial charge in [-0.25, -0.2) is 4.39 Å². The summed E-state index contributed by atoms with van der Waals surface area (Å²) in [7, 11) is 0. The lowest BCUT2D eigenvalue weighted by Gasteiger charge is -2.25. The zero-order valence-corrected chi connectivity index (χ0v) is 13.2. The molecule has 2 nitrogen and oxygen atoms in total. The summed E-state index contributed by atoms with van der Waals surface area (Å²) in [6.45, 7) is 0.502. The second kappa shape index (κ2) is 6.75. The molecule has 2 aromatic carbocycles. The Hall–Kier alpha value is -2.55. The fourth-order valence-electron chi connectivity index (χ4n) is 3.08. The number of hydrogen-bond donors (Lipinski definition) is 0. The second-order valence-corrected chi connectivity index (χ2v) is 5.96. The number of halogens is 4. The standard InChI is InChI=1S/C19H15F4NO/c20-16-5-2-1-4-15(16)17-6-3-11-24(17)18(25)12-13-7-9-14(10-8-13)19(21,22)23/h1-2,4-5,7,9,17H,3,6,11-12H2. The number of carbonyl (C=O) groups is 1. The van der Waals surface area contributed by atoms with Crippen LogP contribution < -0.4 is 0 Å². The Bertz CT molecular complexity index is 755. The van der Waals surface area contributed by atoms with Crippen molar-refractivity contribution in [2.24, 2.45) is 0 Å². The quantitative estimate of drug-likeness (QED) is 0.755. The highest BCUT2D eigenvalue weighted by Crippen LogP contribution is 2.34. The van der Waals surface area contributed by atoms with Gasteiger partial charge in [0.1, 0.15) is 11.4 Å². The first kappa shape index (κ1) is 17.3. The van der Waals surface area contributed by atoms with Crippen LogP contribution in [0.5, 0.6) is 0 Å². The minimum Gasteiger partial charge on any atom is -0.335 e. The van der Waals surface area contributed by atoms with Crippen LogP contribution >= 0.6 is 0 Å². The summed E-state index contributed by atoms with van der Waals surface area (Å²) in [6, 6.07) is 12.5. The van der Waals surface area contributed by atoms with Crippen molar-refractivity contribution in [3.05, 3.63) is 71.0 Å². The van der Waals surface area contributed by atoms with Gasteiger partial charge in [0.25, 0.3) is 0 Å². The minimum absolute atomic E-state index is 0.0837. The first-order valence-corrected chi connectivity index (χ1v) is 7.90. The lowest BCUT2D eigenvalue weighted by atomic mass is 10.0. The van der Waals surface area contributed by atoms with Crippen LogP contribution in [0.3, 0.4) is 0 Å². The molecule has 0 aliphatic carbocycles. The van der Waals surface area contributed by atoms with E-state index in [4.69, 9.17) is 0 Å². The lowest BCUT2D eigenvalue weighted by molar-refractivity contribution is -0.137. The van der Waals surface area contributed by atoms with Crippen LogP contribution in [-0.2, 0) is 17.4 Å². The number of nitrogens with zero attached hydrogens (tertiary/aromatic N) is 1. The van der Waals surface area contributed by atoms with Gasteiger partial charge >= 0.3 is 6.18 Å². The molecule has 1 atom stereocenters.